The second-order valence-corrected chi connectivity index (χ2v) is 5.68. The van der Waals surface area contributed by atoms with E-state index < -0.39 is 0 Å². The fourth-order valence-electron chi connectivity index (χ4n) is 3.04. The van der Waals surface area contributed by atoms with Crippen LogP contribution >= 0.6 is 11.6 Å². The summed E-state index contributed by atoms with van der Waals surface area (Å²) in [6.07, 6.45) is 8.10. The van der Waals surface area contributed by atoms with Crippen LogP contribution in [0.2, 0.25) is 5.02 Å². The third-order valence-corrected chi connectivity index (χ3v) is 4.34. The first-order valence-electron chi connectivity index (χ1n) is 6.82. The number of aromatic nitrogens is 1. The van der Waals surface area contributed by atoms with Gasteiger partial charge in [-0.3, -0.25) is 16.3 Å². The molecule has 1 aliphatic carbocycles. The minimum Gasteiger partial charge on any atom is -0.271 e. The molecule has 2 rings (SSSR count). The summed E-state index contributed by atoms with van der Waals surface area (Å²) < 4.78 is 0. The Kier molecular flexibility index (Phi) is 4.98. The van der Waals surface area contributed by atoms with Crippen LogP contribution in [0.4, 0.5) is 0 Å². The normalized spacial score (nSPS) is 25.9. The highest BCUT2D eigenvalue weighted by atomic mass is 35.5. The molecule has 0 aromatic carbocycles. The van der Waals surface area contributed by atoms with Gasteiger partial charge in [0, 0.05) is 6.20 Å². The minimum absolute atomic E-state index is 0.150. The molecule has 1 aliphatic rings. The predicted molar refractivity (Wildman–Crippen MR) is 75.1 cm³/mol. The van der Waals surface area contributed by atoms with E-state index in [2.05, 4.69) is 17.3 Å². The van der Waals surface area contributed by atoms with E-state index in [-0.39, 0.29) is 6.04 Å². The summed E-state index contributed by atoms with van der Waals surface area (Å²) >= 11 is 5.88. The van der Waals surface area contributed by atoms with Crippen molar-refractivity contribution >= 4 is 11.6 Å². The molecule has 0 spiro atoms. The van der Waals surface area contributed by atoms with Gasteiger partial charge >= 0.3 is 0 Å². The van der Waals surface area contributed by atoms with Gasteiger partial charge in [0.1, 0.15) is 0 Å². The van der Waals surface area contributed by atoms with Gasteiger partial charge in [0.2, 0.25) is 0 Å². The molecule has 100 valence electrons. The molecule has 3 nitrogen and oxygen atoms in total. The molecule has 1 fully saturated rings. The Balaban J connectivity index is 2.10. The Labute approximate surface area is 114 Å². The van der Waals surface area contributed by atoms with Crippen molar-refractivity contribution in [3.05, 3.63) is 29.0 Å². The zero-order chi connectivity index (χ0) is 13.0. The third-order valence-electron chi connectivity index (χ3n) is 4.12. The summed E-state index contributed by atoms with van der Waals surface area (Å²) in [4.78, 5) is 4.40. The van der Waals surface area contributed by atoms with Crippen LogP contribution in [0.3, 0.4) is 0 Å². The molecular formula is C14H22ClN3. The molecular weight excluding hydrogens is 246 g/mol. The average molecular weight is 268 g/mol. The quantitative estimate of drug-likeness (QED) is 0.649. The van der Waals surface area contributed by atoms with Gasteiger partial charge in [-0.1, -0.05) is 37.8 Å². The lowest BCUT2D eigenvalue weighted by atomic mass is 9.76. The summed E-state index contributed by atoms with van der Waals surface area (Å²) in [6.45, 7) is 2.28. The Morgan fingerprint density at radius 3 is 2.94 bits per heavy atom. The summed E-state index contributed by atoms with van der Waals surface area (Å²) in [6, 6.07) is 4.01. The topological polar surface area (TPSA) is 50.9 Å². The smallest absolute Gasteiger partial charge is 0.0660 e. The number of halogens is 1. The van der Waals surface area contributed by atoms with Gasteiger partial charge in [0.05, 0.1) is 16.8 Å². The van der Waals surface area contributed by atoms with Gasteiger partial charge in [0.25, 0.3) is 0 Å². The first-order valence-corrected chi connectivity index (χ1v) is 7.20. The van der Waals surface area contributed by atoms with Crippen LogP contribution in [-0.2, 0) is 0 Å². The molecule has 4 heteroatoms. The van der Waals surface area contributed by atoms with Crippen molar-refractivity contribution in [3.63, 3.8) is 0 Å². The van der Waals surface area contributed by atoms with Crippen molar-refractivity contribution in [3.8, 4) is 0 Å². The van der Waals surface area contributed by atoms with Gasteiger partial charge in [-0.25, -0.2) is 0 Å². The maximum atomic E-state index is 5.88. The van der Waals surface area contributed by atoms with E-state index in [9.17, 15) is 0 Å². The standard InChI is InChI=1S/C14H22ClN3/c1-2-10-4-3-5-11(8-10)14(18-16)13-7-6-12(15)9-17-13/h6-7,9-11,14,18H,2-5,8,16H2,1H3. The Hall–Kier alpha value is -0.640. The third kappa shape index (κ3) is 3.22. The lowest BCUT2D eigenvalue weighted by molar-refractivity contribution is 0.207. The maximum absolute atomic E-state index is 5.88. The van der Waals surface area contributed by atoms with Crippen molar-refractivity contribution in [2.75, 3.05) is 0 Å². The van der Waals surface area contributed by atoms with Crippen LogP contribution in [0.1, 0.15) is 50.8 Å². The van der Waals surface area contributed by atoms with Crippen LogP contribution in [0.25, 0.3) is 0 Å². The van der Waals surface area contributed by atoms with Crippen molar-refractivity contribution in [1.29, 1.82) is 0 Å². The van der Waals surface area contributed by atoms with Crippen LogP contribution in [0.15, 0.2) is 18.3 Å². The fourth-order valence-corrected chi connectivity index (χ4v) is 3.15. The number of nitrogens with one attached hydrogen (secondary N) is 1. The highest BCUT2D eigenvalue weighted by Crippen LogP contribution is 2.37. The lowest BCUT2D eigenvalue weighted by Gasteiger charge is -2.33. The minimum atomic E-state index is 0.150. The fraction of sp³-hybridized carbons (Fsp3) is 0.643. The number of pyridine rings is 1. The van der Waals surface area contributed by atoms with E-state index in [4.69, 9.17) is 17.4 Å². The maximum Gasteiger partial charge on any atom is 0.0660 e. The van der Waals surface area contributed by atoms with Gasteiger partial charge in [-0.15, -0.1) is 0 Å². The molecule has 0 saturated heterocycles. The van der Waals surface area contributed by atoms with E-state index in [1.807, 2.05) is 12.1 Å². The number of nitrogens with zero attached hydrogens (tertiary/aromatic N) is 1. The van der Waals surface area contributed by atoms with Gasteiger partial charge in [-0.2, -0.15) is 0 Å². The van der Waals surface area contributed by atoms with Crippen molar-refractivity contribution in [2.24, 2.45) is 17.7 Å². The number of hydrazine groups is 1. The first-order chi connectivity index (χ1) is 8.74. The van der Waals surface area contributed by atoms with Crippen LogP contribution in [0.5, 0.6) is 0 Å². The predicted octanol–water partition coefficient (Wildman–Crippen LogP) is 3.46. The van der Waals surface area contributed by atoms with Crippen molar-refractivity contribution in [2.45, 2.75) is 45.1 Å². The molecule has 1 heterocycles. The number of hydrogen-bond acceptors (Lipinski definition) is 3. The zero-order valence-electron chi connectivity index (χ0n) is 10.9. The average Bonchev–Trinajstić information content (AvgIpc) is 2.42. The second-order valence-electron chi connectivity index (χ2n) is 5.25. The van der Waals surface area contributed by atoms with E-state index in [1.54, 1.807) is 6.20 Å². The van der Waals surface area contributed by atoms with E-state index in [0.29, 0.717) is 10.9 Å². The summed E-state index contributed by atoms with van der Waals surface area (Å²) in [5, 5.41) is 0.671. The Morgan fingerprint density at radius 1 is 1.50 bits per heavy atom. The summed E-state index contributed by atoms with van der Waals surface area (Å²) in [5.74, 6) is 7.16. The second kappa shape index (κ2) is 6.50. The molecule has 3 unspecified atom stereocenters. The highest BCUT2D eigenvalue weighted by Gasteiger charge is 2.28. The molecule has 3 atom stereocenters. The molecule has 3 N–H and O–H groups in total. The molecule has 0 amide bonds. The number of nitrogens with two attached hydrogens (primary N) is 1. The van der Waals surface area contributed by atoms with Crippen LogP contribution < -0.4 is 11.3 Å². The van der Waals surface area contributed by atoms with Crippen molar-refractivity contribution in [1.82, 2.24) is 10.4 Å². The Bertz CT molecular complexity index is 366. The Morgan fingerprint density at radius 2 is 2.33 bits per heavy atom. The molecule has 1 aromatic rings. The molecule has 1 aromatic heterocycles. The van der Waals surface area contributed by atoms with Crippen LogP contribution in [0, 0.1) is 11.8 Å². The molecule has 18 heavy (non-hydrogen) atoms. The van der Waals surface area contributed by atoms with E-state index >= 15 is 0 Å². The first kappa shape index (κ1) is 13.8. The lowest BCUT2D eigenvalue weighted by Crippen LogP contribution is -2.36. The molecule has 0 aliphatic heterocycles. The molecule has 0 radical (unpaired) electrons. The zero-order valence-corrected chi connectivity index (χ0v) is 11.7. The number of rotatable bonds is 4. The van der Waals surface area contributed by atoms with Gasteiger partial charge in [-0.05, 0) is 36.8 Å². The van der Waals surface area contributed by atoms with E-state index in [1.165, 1.54) is 32.1 Å². The largest absolute Gasteiger partial charge is 0.271 e. The summed E-state index contributed by atoms with van der Waals surface area (Å²) in [7, 11) is 0. The summed E-state index contributed by atoms with van der Waals surface area (Å²) in [5.41, 5.74) is 3.95. The van der Waals surface area contributed by atoms with Gasteiger partial charge in [0.15, 0.2) is 0 Å². The highest BCUT2D eigenvalue weighted by molar-refractivity contribution is 6.30. The van der Waals surface area contributed by atoms with Crippen LogP contribution in [-0.4, -0.2) is 4.98 Å². The van der Waals surface area contributed by atoms with E-state index in [0.717, 1.165) is 11.6 Å². The van der Waals surface area contributed by atoms with Crippen molar-refractivity contribution < 1.29 is 0 Å². The molecule has 0 bridgehead atoms. The SMILES string of the molecule is CCC1CCCC(C(NN)c2ccc(Cl)cn2)C1. The van der Waals surface area contributed by atoms with Gasteiger partial charge < -0.3 is 0 Å². The monoisotopic (exact) mass is 267 g/mol. The number of hydrogen-bond donors (Lipinski definition) is 2. The molecule has 1 saturated carbocycles.